The van der Waals surface area contributed by atoms with E-state index in [2.05, 4.69) is 0 Å². The molecule has 3 heterocycles. The van der Waals surface area contributed by atoms with E-state index < -0.39 is 5.79 Å². The highest BCUT2D eigenvalue weighted by Gasteiger charge is 2.31. The first-order chi connectivity index (χ1) is 8.59. The van der Waals surface area contributed by atoms with Gasteiger partial charge in [0.05, 0.1) is 39.6 Å². The standard InChI is InChI=1S/C6H10O3.C6H12O3/c1(5-3-8-5)7-2-6-4-9-6;1-6(2)8-4-5(3-7)9-6/h5-6H,1-4H2;5,7H,3-4H2,1-2H3. The summed E-state index contributed by atoms with van der Waals surface area (Å²) in [6.45, 7) is 7.48. The molecule has 0 aromatic heterocycles. The van der Waals surface area contributed by atoms with Crippen LogP contribution in [0.25, 0.3) is 0 Å². The van der Waals surface area contributed by atoms with Crippen LogP contribution in [-0.2, 0) is 23.7 Å². The lowest BCUT2D eigenvalue weighted by Gasteiger charge is -2.15. The van der Waals surface area contributed by atoms with E-state index in [9.17, 15) is 0 Å². The largest absolute Gasteiger partial charge is 0.394 e. The summed E-state index contributed by atoms with van der Waals surface area (Å²) in [5.41, 5.74) is 0. The Balaban J connectivity index is 0.000000134. The fourth-order valence-corrected chi connectivity index (χ4v) is 1.51. The van der Waals surface area contributed by atoms with Crippen LogP contribution in [0.5, 0.6) is 0 Å². The molecule has 3 saturated heterocycles. The lowest BCUT2D eigenvalue weighted by molar-refractivity contribution is -0.142. The number of rotatable bonds is 5. The van der Waals surface area contributed by atoms with Crippen LogP contribution in [-0.4, -0.2) is 68.8 Å². The van der Waals surface area contributed by atoms with E-state index in [4.69, 9.17) is 28.8 Å². The molecule has 0 aromatic carbocycles. The van der Waals surface area contributed by atoms with Gasteiger partial charge in [-0.15, -0.1) is 0 Å². The molecule has 6 nitrogen and oxygen atoms in total. The molecule has 0 bridgehead atoms. The van der Waals surface area contributed by atoms with E-state index >= 15 is 0 Å². The molecular weight excluding hydrogens is 240 g/mol. The molecule has 0 spiro atoms. The van der Waals surface area contributed by atoms with Crippen molar-refractivity contribution in [2.45, 2.75) is 37.9 Å². The highest BCUT2D eigenvalue weighted by molar-refractivity contribution is 4.71. The Morgan fingerprint density at radius 2 is 1.61 bits per heavy atom. The monoisotopic (exact) mass is 262 g/mol. The molecule has 0 saturated carbocycles. The SMILES string of the molecule is C(OCC1CO1)C1CO1.CC1(C)OCC(CO)O1. The van der Waals surface area contributed by atoms with Crippen molar-refractivity contribution < 1.29 is 28.8 Å². The first kappa shape index (κ1) is 14.2. The number of aliphatic hydroxyl groups is 1. The zero-order valence-corrected chi connectivity index (χ0v) is 11.0. The van der Waals surface area contributed by atoms with E-state index in [0.29, 0.717) is 18.8 Å². The second kappa shape index (κ2) is 6.27. The van der Waals surface area contributed by atoms with Crippen molar-refractivity contribution in [1.29, 1.82) is 0 Å². The second-order valence-corrected chi connectivity index (χ2v) is 5.08. The minimum atomic E-state index is -0.493. The van der Waals surface area contributed by atoms with Gasteiger partial charge in [0.15, 0.2) is 5.79 Å². The molecule has 0 aromatic rings. The summed E-state index contributed by atoms with van der Waals surface area (Å²) in [5.74, 6) is -0.493. The minimum absolute atomic E-state index is 0.0451. The normalized spacial score (nSPS) is 35.8. The van der Waals surface area contributed by atoms with Crippen LogP contribution < -0.4 is 0 Å². The third-order valence-corrected chi connectivity index (χ3v) is 2.68. The van der Waals surface area contributed by atoms with Crippen LogP contribution in [0.2, 0.25) is 0 Å². The topological polar surface area (TPSA) is 73.0 Å². The zero-order chi connectivity index (χ0) is 13.0. The van der Waals surface area contributed by atoms with E-state index in [1.165, 1.54) is 0 Å². The maximum Gasteiger partial charge on any atom is 0.163 e. The highest BCUT2D eigenvalue weighted by atomic mass is 16.7. The number of ether oxygens (including phenoxy) is 5. The Morgan fingerprint density at radius 1 is 1.06 bits per heavy atom. The number of hydrogen-bond acceptors (Lipinski definition) is 6. The Morgan fingerprint density at radius 3 is 1.89 bits per heavy atom. The lowest BCUT2D eigenvalue weighted by Crippen LogP contribution is -2.22. The molecular formula is C12H22O6. The third-order valence-electron chi connectivity index (χ3n) is 2.68. The van der Waals surface area contributed by atoms with Crippen molar-refractivity contribution in [3.8, 4) is 0 Å². The van der Waals surface area contributed by atoms with E-state index in [1.807, 2.05) is 13.8 Å². The van der Waals surface area contributed by atoms with Gasteiger partial charge in [-0.1, -0.05) is 0 Å². The smallest absolute Gasteiger partial charge is 0.163 e. The molecule has 3 unspecified atom stereocenters. The summed E-state index contributed by atoms with van der Waals surface area (Å²) >= 11 is 0. The van der Waals surface area contributed by atoms with Gasteiger partial charge >= 0.3 is 0 Å². The molecule has 3 aliphatic rings. The molecule has 0 radical (unpaired) electrons. The highest BCUT2D eigenvalue weighted by Crippen LogP contribution is 2.21. The van der Waals surface area contributed by atoms with Crippen LogP contribution in [0.3, 0.4) is 0 Å². The summed E-state index contributed by atoms with van der Waals surface area (Å²) in [7, 11) is 0. The van der Waals surface area contributed by atoms with Gasteiger partial charge in [0.25, 0.3) is 0 Å². The fraction of sp³-hybridized carbons (Fsp3) is 1.00. The summed E-state index contributed by atoms with van der Waals surface area (Å²) in [5, 5.41) is 8.59. The predicted molar refractivity (Wildman–Crippen MR) is 62.3 cm³/mol. The molecule has 0 amide bonds. The maximum absolute atomic E-state index is 8.59. The van der Waals surface area contributed by atoms with Gasteiger partial charge < -0.3 is 28.8 Å². The maximum atomic E-state index is 8.59. The van der Waals surface area contributed by atoms with E-state index in [-0.39, 0.29) is 12.7 Å². The lowest BCUT2D eigenvalue weighted by atomic mass is 10.4. The molecule has 18 heavy (non-hydrogen) atoms. The van der Waals surface area contributed by atoms with Gasteiger partial charge in [-0.3, -0.25) is 0 Å². The third kappa shape index (κ3) is 5.60. The minimum Gasteiger partial charge on any atom is -0.394 e. The number of aliphatic hydroxyl groups excluding tert-OH is 1. The predicted octanol–water partition coefficient (Wildman–Crippen LogP) is -0.0692. The van der Waals surface area contributed by atoms with Crippen LogP contribution in [0.15, 0.2) is 0 Å². The Kier molecular flexibility index (Phi) is 4.94. The van der Waals surface area contributed by atoms with Crippen LogP contribution in [0, 0.1) is 0 Å². The van der Waals surface area contributed by atoms with Gasteiger partial charge in [-0.25, -0.2) is 0 Å². The van der Waals surface area contributed by atoms with Crippen molar-refractivity contribution in [3.05, 3.63) is 0 Å². The molecule has 1 N–H and O–H groups in total. The first-order valence-electron chi connectivity index (χ1n) is 6.32. The van der Waals surface area contributed by atoms with Crippen molar-refractivity contribution in [2.75, 3.05) is 39.6 Å². The second-order valence-electron chi connectivity index (χ2n) is 5.08. The molecule has 3 fully saturated rings. The summed E-state index contributed by atoms with van der Waals surface area (Å²) in [6, 6.07) is 0. The van der Waals surface area contributed by atoms with Crippen LogP contribution >= 0.6 is 0 Å². The van der Waals surface area contributed by atoms with Crippen molar-refractivity contribution in [1.82, 2.24) is 0 Å². The summed E-state index contributed by atoms with van der Waals surface area (Å²) in [4.78, 5) is 0. The van der Waals surface area contributed by atoms with Gasteiger partial charge in [0.1, 0.15) is 18.3 Å². The quantitative estimate of drug-likeness (QED) is 0.699. The van der Waals surface area contributed by atoms with Crippen LogP contribution in [0.4, 0.5) is 0 Å². The van der Waals surface area contributed by atoms with E-state index in [0.717, 1.165) is 26.4 Å². The molecule has 3 rings (SSSR count). The summed E-state index contributed by atoms with van der Waals surface area (Å²) < 4.78 is 25.5. The van der Waals surface area contributed by atoms with Crippen LogP contribution in [0.1, 0.15) is 13.8 Å². The molecule has 3 aliphatic heterocycles. The zero-order valence-electron chi connectivity index (χ0n) is 11.0. The molecule has 3 atom stereocenters. The Bertz CT molecular complexity index is 237. The van der Waals surface area contributed by atoms with Gasteiger partial charge in [-0.2, -0.15) is 0 Å². The van der Waals surface area contributed by atoms with Crippen molar-refractivity contribution in [3.63, 3.8) is 0 Å². The molecule has 6 heteroatoms. The Hall–Kier alpha value is -0.240. The summed E-state index contributed by atoms with van der Waals surface area (Å²) in [6.07, 6.45) is 0.660. The van der Waals surface area contributed by atoms with Crippen molar-refractivity contribution >= 4 is 0 Å². The van der Waals surface area contributed by atoms with E-state index in [1.54, 1.807) is 0 Å². The molecule has 0 aliphatic carbocycles. The van der Waals surface area contributed by atoms with Gasteiger partial charge in [0.2, 0.25) is 0 Å². The average Bonchev–Trinajstić information content (AvgIpc) is 3.22. The average molecular weight is 262 g/mol. The van der Waals surface area contributed by atoms with Gasteiger partial charge in [-0.05, 0) is 13.8 Å². The van der Waals surface area contributed by atoms with Gasteiger partial charge in [0, 0.05) is 0 Å². The Labute approximate surface area is 107 Å². The van der Waals surface area contributed by atoms with Crippen molar-refractivity contribution in [2.24, 2.45) is 0 Å². The number of hydrogen-bond donors (Lipinski definition) is 1. The first-order valence-corrected chi connectivity index (χ1v) is 6.32. The fourth-order valence-electron chi connectivity index (χ4n) is 1.51. The number of epoxide rings is 2. The molecule has 106 valence electrons.